The molecule has 3 nitrogen and oxygen atoms in total. The molecule has 3 N–H and O–H groups in total. The molecule has 3 fully saturated rings. The summed E-state index contributed by atoms with van der Waals surface area (Å²) in [7, 11) is 0. The van der Waals surface area contributed by atoms with Crippen LogP contribution in [0.1, 0.15) is 58.3 Å². The number of fused-ring (bicyclic) bond motifs is 5. The molecular formula is C21H32O3. The first-order chi connectivity index (χ1) is 11.4. The van der Waals surface area contributed by atoms with Crippen molar-refractivity contribution in [2.75, 3.05) is 6.61 Å². The van der Waals surface area contributed by atoms with Gasteiger partial charge in [-0.3, -0.25) is 0 Å². The van der Waals surface area contributed by atoms with Crippen LogP contribution in [0.4, 0.5) is 0 Å². The molecule has 0 aromatic rings. The van der Waals surface area contributed by atoms with Gasteiger partial charge < -0.3 is 15.3 Å². The molecular weight excluding hydrogens is 300 g/mol. The van der Waals surface area contributed by atoms with Crippen LogP contribution in [0.2, 0.25) is 0 Å². The van der Waals surface area contributed by atoms with Crippen LogP contribution >= 0.6 is 0 Å². The molecule has 2 unspecified atom stereocenters. The van der Waals surface area contributed by atoms with Crippen molar-refractivity contribution in [3.63, 3.8) is 0 Å². The molecule has 4 aliphatic rings. The monoisotopic (exact) mass is 332 g/mol. The van der Waals surface area contributed by atoms with Gasteiger partial charge in [0.2, 0.25) is 0 Å². The van der Waals surface area contributed by atoms with Gasteiger partial charge >= 0.3 is 0 Å². The molecule has 0 saturated heterocycles. The van der Waals surface area contributed by atoms with Crippen LogP contribution in [-0.4, -0.2) is 33.6 Å². The second-order valence-electron chi connectivity index (χ2n) is 9.18. The molecule has 0 radical (unpaired) electrons. The molecule has 0 bridgehead atoms. The first-order valence-corrected chi connectivity index (χ1v) is 9.74. The maximum absolute atomic E-state index is 11.1. The molecule has 0 heterocycles. The highest BCUT2D eigenvalue weighted by molar-refractivity contribution is 5.28. The maximum atomic E-state index is 11.1. The largest absolute Gasteiger partial charge is 0.395 e. The summed E-state index contributed by atoms with van der Waals surface area (Å²) in [4.78, 5) is 0. The maximum Gasteiger partial charge on any atom is 0.0881 e. The van der Waals surface area contributed by atoms with Crippen LogP contribution in [-0.2, 0) is 0 Å². The number of hydrogen-bond acceptors (Lipinski definition) is 3. The van der Waals surface area contributed by atoms with Gasteiger partial charge in [-0.2, -0.15) is 0 Å². The van der Waals surface area contributed by atoms with E-state index in [1.807, 2.05) is 0 Å². The summed E-state index contributed by atoms with van der Waals surface area (Å²) in [5.41, 5.74) is 0.386. The van der Waals surface area contributed by atoms with E-state index in [4.69, 9.17) is 0 Å². The number of aliphatic hydroxyl groups is 3. The fourth-order valence-electron chi connectivity index (χ4n) is 7.12. The van der Waals surface area contributed by atoms with E-state index >= 15 is 0 Å². The Kier molecular flexibility index (Phi) is 3.80. The molecule has 0 spiro atoms. The Morgan fingerprint density at radius 1 is 1.21 bits per heavy atom. The van der Waals surface area contributed by atoms with Crippen molar-refractivity contribution in [2.45, 2.75) is 70.0 Å². The molecule has 134 valence electrons. The zero-order chi connectivity index (χ0) is 17.2. The van der Waals surface area contributed by atoms with Gasteiger partial charge in [-0.1, -0.05) is 24.6 Å². The SMILES string of the molecule is C=CC1(O)CC[C@H]2[C@@H]3CC=C4CC(O)CC[C@]4(CO)[C@@H]3CC[C@@]21C. The lowest BCUT2D eigenvalue weighted by Gasteiger charge is -2.59. The second kappa shape index (κ2) is 5.43. The lowest BCUT2D eigenvalue weighted by atomic mass is 9.46. The lowest BCUT2D eigenvalue weighted by molar-refractivity contribution is -0.112. The summed E-state index contributed by atoms with van der Waals surface area (Å²) < 4.78 is 0. The van der Waals surface area contributed by atoms with Crippen molar-refractivity contribution in [3.8, 4) is 0 Å². The van der Waals surface area contributed by atoms with E-state index in [0.717, 1.165) is 51.4 Å². The molecule has 4 aliphatic carbocycles. The molecule has 7 atom stereocenters. The van der Waals surface area contributed by atoms with Crippen molar-refractivity contribution < 1.29 is 15.3 Å². The fourth-order valence-corrected chi connectivity index (χ4v) is 7.12. The minimum Gasteiger partial charge on any atom is -0.395 e. The molecule has 0 amide bonds. The Balaban J connectivity index is 1.71. The molecule has 0 aliphatic heterocycles. The van der Waals surface area contributed by atoms with E-state index in [1.165, 1.54) is 5.57 Å². The highest BCUT2D eigenvalue weighted by atomic mass is 16.3. The average Bonchev–Trinajstić information content (AvgIpc) is 2.86. The van der Waals surface area contributed by atoms with Crippen molar-refractivity contribution >= 4 is 0 Å². The normalized spacial score (nSPS) is 53.6. The predicted molar refractivity (Wildman–Crippen MR) is 94.3 cm³/mol. The Morgan fingerprint density at radius 2 is 1.96 bits per heavy atom. The molecule has 3 saturated carbocycles. The van der Waals surface area contributed by atoms with Crippen molar-refractivity contribution in [1.29, 1.82) is 0 Å². The zero-order valence-corrected chi connectivity index (χ0v) is 14.9. The van der Waals surface area contributed by atoms with Crippen LogP contribution in [0, 0.1) is 28.6 Å². The van der Waals surface area contributed by atoms with Gasteiger partial charge in [-0.05, 0) is 69.1 Å². The number of aliphatic hydroxyl groups excluding tert-OH is 2. The van der Waals surface area contributed by atoms with E-state index in [9.17, 15) is 15.3 Å². The number of rotatable bonds is 2. The van der Waals surface area contributed by atoms with Gasteiger partial charge in [0, 0.05) is 10.8 Å². The minimum atomic E-state index is -0.734. The number of hydrogen-bond donors (Lipinski definition) is 3. The third-order valence-corrected chi connectivity index (χ3v) is 8.64. The summed E-state index contributed by atoms with van der Waals surface area (Å²) in [6, 6.07) is 0. The number of allylic oxidation sites excluding steroid dienone is 1. The van der Waals surface area contributed by atoms with Crippen molar-refractivity contribution in [2.24, 2.45) is 28.6 Å². The standard InChI is InChI=1S/C21H32O3/c1-3-21(24)11-8-17-16-5-4-14-12-15(23)6-10-20(14,13-22)18(16)7-9-19(17,21)2/h3-4,15-18,22-24H,1,5-13H2,2H3/t15?,16-,17-,18+,19-,20+,21?/m0/s1. The van der Waals surface area contributed by atoms with Gasteiger partial charge in [0.25, 0.3) is 0 Å². The van der Waals surface area contributed by atoms with E-state index in [1.54, 1.807) is 6.08 Å². The van der Waals surface area contributed by atoms with Gasteiger partial charge in [-0.15, -0.1) is 6.58 Å². The third-order valence-electron chi connectivity index (χ3n) is 8.64. The van der Waals surface area contributed by atoms with Crippen molar-refractivity contribution in [1.82, 2.24) is 0 Å². The van der Waals surface area contributed by atoms with Gasteiger partial charge in [0.1, 0.15) is 0 Å². The van der Waals surface area contributed by atoms with Crippen LogP contribution in [0.25, 0.3) is 0 Å². The highest BCUT2D eigenvalue weighted by Gasteiger charge is 2.63. The Bertz CT molecular complexity index is 569. The zero-order valence-electron chi connectivity index (χ0n) is 14.9. The van der Waals surface area contributed by atoms with E-state index in [2.05, 4.69) is 19.6 Å². The second-order valence-corrected chi connectivity index (χ2v) is 9.18. The summed E-state index contributed by atoms with van der Waals surface area (Å²) in [6.45, 7) is 6.40. The first kappa shape index (κ1) is 16.8. The summed E-state index contributed by atoms with van der Waals surface area (Å²) in [5.74, 6) is 1.55. The Labute approximate surface area is 145 Å². The fraction of sp³-hybridized carbons (Fsp3) is 0.810. The van der Waals surface area contributed by atoms with Crippen LogP contribution < -0.4 is 0 Å². The van der Waals surface area contributed by atoms with Crippen LogP contribution in [0.3, 0.4) is 0 Å². The average molecular weight is 332 g/mol. The van der Waals surface area contributed by atoms with E-state index < -0.39 is 5.60 Å². The predicted octanol–water partition coefficient (Wildman–Crippen LogP) is 3.20. The minimum absolute atomic E-state index is 0.0773. The smallest absolute Gasteiger partial charge is 0.0881 e. The third kappa shape index (κ3) is 1.95. The molecule has 24 heavy (non-hydrogen) atoms. The van der Waals surface area contributed by atoms with E-state index in [0.29, 0.717) is 17.8 Å². The summed E-state index contributed by atoms with van der Waals surface area (Å²) in [5, 5.41) is 31.6. The van der Waals surface area contributed by atoms with Crippen LogP contribution in [0.15, 0.2) is 24.3 Å². The molecule has 0 aromatic carbocycles. The highest BCUT2D eigenvalue weighted by Crippen LogP contribution is 2.67. The quantitative estimate of drug-likeness (QED) is 0.681. The summed E-state index contributed by atoms with van der Waals surface area (Å²) >= 11 is 0. The van der Waals surface area contributed by atoms with Crippen LogP contribution in [0.5, 0.6) is 0 Å². The topological polar surface area (TPSA) is 60.7 Å². The van der Waals surface area contributed by atoms with E-state index in [-0.39, 0.29) is 23.5 Å². The first-order valence-electron chi connectivity index (χ1n) is 9.74. The molecule has 3 heteroatoms. The molecule has 0 aromatic heterocycles. The Hall–Kier alpha value is -0.640. The Morgan fingerprint density at radius 3 is 2.67 bits per heavy atom. The van der Waals surface area contributed by atoms with Gasteiger partial charge in [0.05, 0.1) is 18.3 Å². The van der Waals surface area contributed by atoms with Gasteiger partial charge in [0.15, 0.2) is 0 Å². The van der Waals surface area contributed by atoms with Gasteiger partial charge in [-0.25, -0.2) is 0 Å². The lowest BCUT2D eigenvalue weighted by Crippen LogP contribution is -2.55. The summed E-state index contributed by atoms with van der Waals surface area (Å²) in [6.07, 6.45) is 11.3. The molecule has 4 rings (SSSR count). The van der Waals surface area contributed by atoms with Crippen molar-refractivity contribution in [3.05, 3.63) is 24.3 Å².